The fourth-order valence-electron chi connectivity index (χ4n) is 3.15. The minimum Gasteiger partial charge on any atom is -0.384 e. The van der Waals surface area contributed by atoms with Crippen molar-refractivity contribution in [1.29, 1.82) is 0 Å². The first kappa shape index (κ1) is 13.1. The highest BCUT2D eigenvalue weighted by molar-refractivity contribution is 5.86. The van der Waals surface area contributed by atoms with Gasteiger partial charge < -0.3 is 9.67 Å². The van der Waals surface area contributed by atoms with E-state index in [1.807, 2.05) is 43.6 Å². The van der Waals surface area contributed by atoms with E-state index in [0.717, 1.165) is 27.4 Å². The minimum absolute atomic E-state index is 0.615. The number of aliphatic hydroxyl groups is 1. The first-order valence-electron chi connectivity index (χ1n) is 7.45. The van der Waals surface area contributed by atoms with Gasteiger partial charge in [-0.05, 0) is 28.5 Å². The molecule has 4 aromatic rings. The Balaban J connectivity index is 1.86. The largest absolute Gasteiger partial charge is 0.384 e. The van der Waals surface area contributed by atoms with Gasteiger partial charge in [0, 0.05) is 29.7 Å². The van der Waals surface area contributed by atoms with Crippen LogP contribution >= 0.6 is 0 Å². The van der Waals surface area contributed by atoms with Gasteiger partial charge in [-0.1, -0.05) is 54.6 Å². The van der Waals surface area contributed by atoms with Gasteiger partial charge in [0.2, 0.25) is 0 Å². The molecule has 0 spiro atoms. The molecule has 0 bridgehead atoms. The number of hydrogen-bond donors (Lipinski definition) is 1. The molecule has 0 aliphatic carbocycles. The van der Waals surface area contributed by atoms with Crippen molar-refractivity contribution in [3.05, 3.63) is 84.1 Å². The number of aromatic nitrogens is 1. The van der Waals surface area contributed by atoms with E-state index in [1.165, 1.54) is 5.39 Å². The summed E-state index contributed by atoms with van der Waals surface area (Å²) in [5, 5.41) is 14.3. The normalized spacial score (nSPS) is 12.8. The van der Waals surface area contributed by atoms with Crippen LogP contribution in [0.5, 0.6) is 0 Å². The second-order valence-corrected chi connectivity index (χ2v) is 5.72. The minimum atomic E-state index is -0.615. The Bertz CT molecular complexity index is 968. The zero-order valence-corrected chi connectivity index (χ0v) is 12.4. The molecule has 4 rings (SSSR count). The van der Waals surface area contributed by atoms with E-state index < -0.39 is 6.10 Å². The maximum atomic E-state index is 10.8. The lowest BCUT2D eigenvalue weighted by atomic mass is 9.98. The van der Waals surface area contributed by atoms with Gasteiger partial charge in [-0.2, -0.15) is 0 Å². The van der Waals surface area contributed by atoms with Crippen LogP contribution in [0, 0.1) is 0 Å². The summed E-state index contributed by atoms with van der Waals surface area (Å²) in [6.07, 6.45) is 1.40. The number of hydrogen-bond acceptors (Lipinski definition) is 1. The zero-order chi connectivity index (χ0) is 15.1. The molecule has 1 atom stereocenters. The van der Waals surface area contributed by atoms with Crippen LogP contribution in [-0.4, -0.2) is 9.67 Å². The Labute approximate surface area is 129 Å². The fraction of sp³-hybridized carbons (Fsp3) is 0.100. The lowest BCUT2D eigenvalue weighted by molar-refractivity contribution is 0.222. The van der Waals surface area contributed by atoms with Crippen molar-refractivity contribution in [3.8, 4) is 0 Å². The second-order valence-electron chi connectivity index (χ2n) is 5.72. The van der Waals surface area contributed by atoms with E-state index in [0.29, 0.717) is 0 Å². The molecular weight excluding hydrogens is 270 g/mol. The molecular formula is C20H17NO. The standard InChI is InChI=1S/C20H17NO/c1-21-13-18(17-8-4-5-9-19(17)21)20(22)16-11-10-14-6-2-3-7-15(14)12-16/h2-13,20,22H,1H3. The molecule has 108 valence electrons. The highest BCUT2D eigenvalue weighted by Gasteiger charge is 2.16. The van der Waals surface area contributed by atoms with E-state index >= 15 is 0 Å². The lowest BCUT2D eigenvalue weighted by Gasteiger charge is -2.11. The summed E-state index contributed by atoms with van der Waals surface area (Å²) in [5.74, 6) is 0. The molecule has 1 aromatic heterocycles. The summed E-state index contributed by atoms with van der Waals surface area (Å²) in [6, 6.07) is 22.5. The highest BCUT2D eigenvalue weighted by Crippen LogP contribution is 2.31. The topological polar surface area (TPSA) is 25.2 Å². The monoisotopic (exact) mass is 287 g/mol. The van der Waals surface area contributed by atoms with Crippen molar-refractivity contribution in [2.45, 2.75) is 6.10 Å². The number of rotatable bonds is 2. The van der Waals surface area contributed by atoms with Crippen LogP contribution in [0.4, 0.5) is 0 Å². The molecule has 1 heterocycles. The summed E-state index contributed by atoms with van der Waals surface area (Å²) in [4.78, 5) is 0. The van der Waals surface area contributed by atoms with Crippen LogP contribution in [0.15, 0.2) is 72.9 Å². The van der Waals surface area contributed by atoms with E-state index in [4.69, 9.17) is 0 Å². The number of nitrogens with zero attached hydrogens (tertiary/aromatic N) is 1. The van der Waals surface area contributed by atoms with Crippen LogP contribution in [0.2, 0.25) is 0 Å². The number of aliphatic hydroxyl groups excluding tert-OH is 1. The number of para-hydroxylation sites is 1. The molecule has 0 radical (unpaired) electrons. The van der Waals surface area contributed by atoms with Gasteiger partial charge in [-0.3, -0.25) is 0 Å². The first-order chi connectivity index (χ1) is 10.7. The van der Waals surface area contributed by atoms with Crippen molar-refractivity contribution >= 4 is 21.7 Å². The van der Waals surface area contributed by atoms with Crippen molar-refractivity contribution < 1.29 is 5.11 Å². The van der Waals surface area contributed by atoms with Gasteiger partial charge in [-0.25, -0.2) is 0 Å². The third kappa shape index (κ3) is 2.00. The van der Waals surface area contributed by atoms with Crippen molar-refractivity contribution in [1.82, 2.24) is 4.57 Å². The number of fused-ring (bicyclic) bond motifs is 2. The molecule has 1 unspecified atom stereocenters. The van der Waals surface area contributed by atoms with Gasteiger partial charge in [-0.15, -0.1) is 0 Å². The van der Waals surface area contributed by atoms with Crippen LogP contribution < -0.4 is 0 Å². The quantitative estimate of drug-likeness (QED) is 0.580. The van der Waals surface area contributed by atoms with Crippen LogP contribution in [0.1, 0.15) is 17.2 Å². The van der Waals surface area contributed by atoms with Crippen molar-refractivity contribution in [2.75, 3.05) is 0 Å². The van der Waals surface area contributed by atoms with Gasteiger partial charge >= 0.3 is 0 Å². The van der Waals surface area contributed by atoms with Gasteiger partial charge in [0.1, 0.15) is 6.10 Å². The maximum Gasteiger partial charge on any atom is 0.106 e. The summed E-state index contributed by atoms with van der Waals surface area (Å²) in [7, 11) is 2.01. The first-order valence-corrected chi connectivity index (χ1v) is 7.45. The predicted octanol–water partition coefficient (Wildman–Crippen LogP) is 4.41. The van der Waals surface area contributed by atoms with E-state index in [9.17, 15) is 5.11 Å². The molecule has 0 amide bonds. The number of aryl methyl sites for hydroxylation is 1. The summed E-state index contributed by atoms with van der Waals surface area (Å²) >= 11 is 0. The lowest BCUT2D eigenvalue weighted by Crippen LogP contribution is -1.98. The summed E-state index contributed by atoms with van der Waals surface area (Å²) < 4.78 is 2.06. The average molecular weight is 287 g/mol. The molecule has 0 fully saturated rings. The summed E-state index contributed by atoms with van der Waals surface area (Å²) in [5.41, 5.74) is 3.01. The van der Waals surface area contributed by atoms with E-state index in [2.05, 4.69) is 41.0 Å². The number of benzene rings is 3. The van der Waals surface area contributed by atoms with Crippen LogP contribution in [-0.2, 0) is 7.05 Å². The molecule has 2 nitrogen and oxygen atoms in total. The van der Waals surface area contributed by atoms with Crippen LogP contribution in [0.25, 0.3) is 21.7 Å². The highest BCUT2D eigenvalue weighted by atomic mass is 16.3. The van der Waals surface area contributed by atoms with E-state index in [-0.39, 0.29) is 0 Å². The molecule has 22 heavy (non-hydrogen) atoms. The third-order valence-electron chi connectivity index (χ3n) is 4.31. The summed E-state index contributed by atoms with van der Waals surface area (Å²) in [6.45, 7) is 0. The van der Waals surface area contributed by atoms with Gasteiger partial charge in [0.15, 0.2) is 0 Å². The molecule has 2 heteroatoms. The van der Waals surface area contributed by atoms with Crippen molar-refractivity contribution in [3.63, 3.8) is 0 Å². The molecule has 3 aromatic carbocycles. The Kier molecular flexibility index (Phi) is 2.98. The van der Waals surface area contributed by atoms with Gasteiger partial charge in [0.05, 0.1) is 0 Å². The SMILES string of the molecule is Cn1cc(C(O)c2ccc3ccccc3c2)c2ccccc21. The van der Waals surface area contributed by atoms with Crippen LogP contribution in [0.3, 0.4) is 0 Å². The Morgan fingerprint density at radius 1 is 0.864 bits per heavy atom. The average Bonchev–Trinajstić information content (AvgIpc) is 2.91. The Hall–Kier alpha value is -2.58. The smallest absolute Gasteiger partial charge is 0.106 e. The predicted molar refractivity (Wildman–Crippen MR) is 90.9 cm³/mol. The molecule has 1 N–H and O–H groups in total. The third-order valence-corrected chi connectivity index (χ3v) is 4.31. The maximum absolute atomic E-state index is 10.8. The second kappa shape index (κ2) is 5.00. The van der Waals surface area contributed by atoms with E-state index in [1.54, 1.807) is 0 Å². The van der Waals surface area contributed by atoms with Crippen molar-refractivity contribution in [2.24, 2.45) is 7.05 Å². The Morgan fingerprint density at radius 2 is 1.59 bits per heavy atom. The molecule has 0 aliphatic heterocycles. The molecule has 0 saturated heterocycles. The molecule has 0 saturated carbocycles. The Morgan fingerprint density at radius 3 is 2.45 bits per heavy atom. The van der Waals surface area contributed by atoms with Gasteiger partial charge in [0.25, 0.3) is 0 Å². The molecule has 0 aliphatic rings. The fourth-order valence-corrected chi connectivity index (χ4v) is 3.15. The zero-order valence-electron chi connectivity index (χ0n) is 12.4.